The van der Waals surface area contributed by atoms with Crippen LogP contribution in [0.15, 0.2) is 35.4 Å². The zero-order valence-corrected chi connectivity index (χ0v) is 9.17. The van der Waals surface area contributed by atoms with Crippen LogP contribution in [0.3, 0.4) is 0 Å². The Morgan fingerprint density at radius 1 is 1.33 bits per heavy atom. The summed E-state index contributed by atoms with van der Waals surface area (Å²) in [6.07, 6.45) is 0.795. The zero-order chi connectivity index (χ0) is 11.1. The van der Waals surface area contributed by atoms with E-state index >= 15 is 0 Å². The Bertz CT molecular complexity index is 328. The molecule has 1 unspecified atom stereocenters. The molecule has 0 aromatic heterocycles. The first kappa shape index (κ1) is 11.6. The maximum absolute atomic E-state index is 8.47. The van der Waals surface area contributed by atoms with Gasteiger partial charge in [0.1, 0.15) is 0 Å². The molecule has 0 aliphatic rings. The molecule has 4 nitrogen and oxygen atoms in total. The molecule has 0 spiro atoms. The molecule has 0 fully saturated rings. The van der Waals surface area contributed by atoms with Gasteiger partial charge in [0.05, 0.1) is 6.04 Å². The molecule has 0 amide bonds. The molecular weight excluding hydrogens is 188 g/mol. The molecule has 0 saturated heterocycles. The van der Waals surface area contributed by atoms with Gasteiger partial charge in [0.25, 0.3) is 0 Å². The van der Waals surface area contributed by atoms with Crippen LogP contribution in [0.2, 0.25) is 0 Å². The van der Waals surface area contributed by atoms with Crippen molar-refractivity contribution in [1.82, 2.24) is 4.90 Å². The molecule has 0 heterocycles. The molecule has 0 aliphatic carbocycles. The highest BCUT2D eigenvalue weighted by atomic mass is 15.2. The van der Waals surface area contributed by atoms with E-state index in [0.29, 0.717) is 0 Å². The Morgan fingerprint density at radius 3 is 2.53 bits per heavy atom. The van der Waals surface area contributed by atoms with Gasteiger partial charge in [0.15, 0.2) is 0 Å². The number of nitrogens with zero attached hydrogens (tertiary/aromatic N) is 4. The lowest BCUT2D eigenvalue weighted by atomic mass is 10.1. The summed E-state index contributed by atoms with van der Waals surface area (Å²) in [5, 5.41) is 3.80. The Balaban J connectivity index is 2.62. The lowest BCUT2D eigenvalue weighted by Crippen LogP contribution is -2.25. The van der Waals surface area contributed by atoms with Crippen LogP contribution in [0.4, 0.5) is 0 Å². The molecule has 1 aromatic carbocycles. The number of hydrogen-bond acceptors (Lipinski definition) is 2. The summed E-state index contributed by atoms with van der Waals surface area (Å²) >= 11 is 0. The number of likely N-dealkylation sites (N-methyl/N-ethyl adjacent to an activating group) is 1. The van der Waals surface area contributed by atoms with Crippen molar-refractivity contribution in [1.29, 1.82) is 0 Å². The van der Waals surface area contributed by atoms with Crippen LogP contribution in [0.5, 0.6) is 0 Å². The third kappa shape index (κ3) is 4.49. The second-order valence-corrected chi connectivity index (χ2v) is 3.81. The summed E-state index contributed by atoms with van der Waals surface area (Å²) in [4.78, 5) is 4.91. The SMILES string of the molecule is CN(C)CC(Cc1ccccc1)N=[N+]=[N-]. The van der Waals surface area contributed by atoms with E-state index in [2.05, 4.69) is 22.2 Å². The van der Waals surface area contributed by atoms with E-state index < -0.39 is 0 Å². The van der Waals surface area contributed by atoms with Crippen LogP contribution in [-0.4, -0.2) is 31.6 Å². The molecule has 0 bridgehead atoms. The normalized spacial score (nSPS) is 12.2. The Morgan fingerprint density at radius 2 is 2.00 bits per heavy atom. The van der Waals surface area contributed by atoms with Gasteiger partial charge in [-0.3, -0.25) is 0 Å². The third-order valence-electron chi connectivity index (χ3n) is 2.10. The maximum Gasteiger partial charge on any atom is 0.0541 e. The Kier molecular flexibility index (Phi) is 4.68. The van der Waals surface area contributed by atoms with Crippen LogP contribution in [0.25, 0.3) is 10.4 Å². The fourth-order valence-electron chi connectivity index (χ4n) is 1.52. The number of hydrogen-bond donors (Lipinski definition) is 0. The summed E-state index contributed by atoms with van der Waals surface area (Å²) in [5.41, 5.74) is 9.67. The summed E-state index contributed by atoms with van der Waals surface area (Å²) in [6.45, 7) is 0.777. The van der Waals surface area contributed by atoms with Crippen LogP contribution in [0, 0.1) is 0 Å². The molecule has 0 N–H and O–H groups in total. The topological polar surface area (TPSA) is 52.0 Å². The predicted molar refractivity (Wildman–Crippen MR) is 61.6 cm³/mol. The fraction of sp³-hybridized carbons (Fsp3) is 0.455. The molecule has 0 radical (unpaired) electrons. The van der Waals surface area contributed by atoms with Gasteiger partial charge < -0.3 is 4.90 Å². The van der Waals surface area contributed by atoms with Crippen molar-refractivity contribution in [2.24, 2.45) is 5.11 Å². The summed E-state index contributed by atoms with van der Waals surface area (Å²) < 4.78 is 0. The largest absolute Gasteiger partial charge is 0.309 e. The van der Waals surface area contributed by atoms with E-state index in [1.54, 1.807) is 0 Å². The minimum absolute atomic E-state index is 0.00685. The smallest absolute Gasteiger partial charge is 0.0541 e. The van der Waals surface area contributed by atoms with Crippen molar-refractivity contribution in [3.63, 3.8) is 0 Å². The first-order valence-electron chi connectivity index (χ1n) is 4.95. The highest BCUT2D eigenvalue weighted by Crippen LogP contribution is 2.06. The third-order valence-corrected chi connectivity index (χ3v) is 2.10. The molecule has 1 rings (SSSR count). The summed E-state index contributed by atoms with van der Waals surface area (Å²) in [7, 11) is 3.95. The molecule has 1 aromatic rings. The van der Waals surface area contributed by atoms with Crippen molar-refractivity contribution >= 4 is 0 Å². The van der Waals surface area contributed by atoms with Crippen LogP contribution >= 0.6 is 0 Å². The first-order chi connectivity index (χ1) is 7.22. The highest BCUT2D eigenvalue weighted by Gasteiger charge is 2.08. The molecule has 1 atom stereocenters. The predicted octanol–water partition coefficient (Wildman–Crippen LogP) is 2.47. The minimum Gasteiger partial charge on any atom is -0.309 e. The number of azide groups is 1. The van der Waals surface area contributed by atoms with E-state index in [4.69, 9.17) is 5.53 Å². The molecule has 4 heteroatoms. The number of rotatable bonds is 5. The van der Waals surface area contributed by atoms with Crippen LogP contribution in [0.1, 0.15) is 5.56 Å². The molecular formula is C11H16N4. The Hall–Kier alpha value is -1.51. The lowest BCUT2D eigenvalue weighted by Gasteiger charge is -2.16. The van der Waals surface area contributed by atoms with Gasteiger partial charge in [0.2, 0.25) is 0 Å². The molecule has 15 heavy (non-hydrogen) atoms. The average molecular weight is 204 g/mol. The fourth-order valence-corrected chi connectivity index (χ4v) is 1.52. The van der Waals surface area contributed by atoms with Crippen LogP contribution < -0.4 is 0 Å². The molecule has 0 saturated carbocycles. The van der Waals surface area contributed by atoms with E-state index in [1.807, 2.05) is 37.2 Å². The standard InChI is InChI=1S/C11H16N4/c1-15(2)9-11(13-14-12)8-10-6-4-3-5-7-10/h3-7,11H,8-9H2,1-2H3. The van der Waals surface area contributed by atoms with Gasteiger partial charge in [-0.1, -0.05) is 35.4 Å². The van der Waals surface area contributed by atoms with E-state index in [1.165, 1.54) is 5.56 Å². The average Bonchev–Trinajstić information content (AvgIpc) is 2.18. The molecule has 0 aliphatic heterocycles. The summed E-state index contributed by atoms with van der Waals surface area (Å²) in [6, 6.07) is 10.1. The van der Waals surface area contributed by atoms with E-state index in [9.17, 15) is 0 Å². The van der Waals surface area contributed by atoms with Crippen molar-refractivity contribution < 1.29 is 0 Å². The lowest BCUT2D eigenvalue weighted by molar-refractivity contribution is 0.371. The Labute approximate surface area is 90.1 Å². The van der Waals surface area contributed by atoms with Crippen molar-refractivity contribution in [3.8, 4) is 0 Å². The zero-order valence-electron chi connectivity index (χ0n) is 9.17. The minimum atomic E-state index is 0.00685. The quantitative estimate of drug-likeness (QED) is 0.413. The van der Waals surface area contributed by atoms with Gasteiger partial charge in [-0.05, 0) is 31.6 Å². The van der Waals surface area contributed by atoms with E-state index in [-0.39, 0.29) is 6.04 Å². The maximum atomic E-state index is 8.47. The van der Waals surface area contributed by atoms with Gasteiger partial charge >= 0.3 is 0 Å². The summed E-state index contributed by atoms with van der Waals surface area (Å²) in [5.74, 6) is 0. The first-order valence-corrected chi connectivity index (χ1v) is 4.95. The second kappa shape index (κ2) is 6.06. The van der Waals surface area contributed by atoms with Gasteiger partial charge in [-0.2, -0.15) is 0 Å². The number of benzene rings is 1. The monoisotopic (exact) mass is 204 g/mol. The molecule has 80 valence electrons. The van der Waals surface area contributed by atoms with Crippen molar-refractivity contribution in [2.75, 3.05) is 20.6 Å². The van der Waals surface area contributed by atoms with Crippen molar-refractivity contribution in [2.45, 2.75) is 12.5 Å². The van der Waals surface area contributed by atoms with Gasteiger partial charge in [0, 0.05) is 11.5 Å². The van der Waals surface area contributed by atoms with Crippen molar-refractivity contribution in [3.05, 3.63) is 46.3 Å². The van der Waals surface area contributed by atoms with Gasteiger partial charge in [-0.25, -0.2) is 0 Å². The van der Waals surface area contributed by atoms with Gasteiger partial charge in [-0.15, -0.1) is 0 Å². The second-order valence-electron chi connectivity index (χ2n) is 3.81. The highest BCUT2D eigenvalue weighted by molar-refractivity contribution is 5.16. The van der Waals surface area contributed by atoms with E-state index in [0.717, 1.165) is 13.0 Å². The van der Waals surface area contributed by atoms with Crippen LogP contribution in [-0.2, 0) is 6.42 Å².